The fourth-order valence-corrected chi connectivity index (χ4v) is 1.60. The summed E-state index contributed by atoms with van der Waals surface area (Å²) < 4.78 is 0. The summed E-state index contributed by atoms with van der Waals surface area (Å²) in [5, 5.41) is 14.4. The molecular formula is C13H18N2O3. The summed E-state index contributed by atoms with van der Waals surface area (Å²) in [5.41, 5.74) is 1.07. The van der Waals surface area contributed by atoms with Gasteiger partial charge in [-0.3, -0.25) is 4.79 Å². The van der Waals surface area contributed by atoms with Crippen LogP contribution in [0.2, 0.25) is 0 Å². The molecule has 0 aliphatic rings. The first-order valence-electron chi connectivity index (χ1n) is 5.79. The van der Waals surface area contributed by atoms with Crippen LogP contribution in [0.5, 0.6) is 0 Å². The Kier molecular flexibility index (Phi) is 5.32. The Bertz CT molecular complexity index is 406. The molecule has 5 heteroatoms. The van der Waals surface area contributed by atoms with Crippen LogP contribution in [0.4, 0.5) is 0 Å². The van der Waals surface area contributed by atoms with Crippen LogP contribution in [0.1, 0.15) is 25.5 Å². The molecule has 0 radical (unpaired) electrons. The maximum Gasteiger partial charge on any atom is 0.327 e. The fourth-order valence-electron chi connectivity index (χ4n) is 1.60. The van der Waals surface area contributed by atoms with Gasteiger partial charge < -0.3 is 15.7 Å². The van der Waals surface area contributed by atoms with Crippen molar-refractivity contribution in [2.75, 3.05) is 6.54 Å². The number of rotatable bonds is 6. The number of nitrogens with one attached hydrogen (secondary N) is 2. The van der Waals surface area contributed by atoms with E-state index in [2.05, 4.69) is 10.6 Å². The molecule has 1 unspecified atom stereocenters. The van der Waals surface area contributed by atoms with Crippen LogP contribution < -0.4 is 10.6 Å². The summed E-state index contributed by atoms with van der Waals surface area (Å²) in [7, 11) is 0. The highest BCUT2D eigenvalue weighted by Gasteiger charge is 2.18. The molecule has 0 saturated heterocycles. The molecule has 1 rings (SSSR count). The van der Waals surface area contributed by atoms with E-state index in [-0.39, 0.29) is 18.5 Å². The Morgan fingerprint density at radius 2 is 1.89 bits per heavy atom. The van der Waals surface area contributed by atoms with Crippen molar-refractivity contribution < 1.29 is 14.7 Å². The average Bonchev–Trinajstić information content (AvgIpc) is 2.34. The monoisotopic (exact) mass is 250 g/mol. The Balaban J connectivity index is 2.52. The van der Waals surface area contributed by atoms with Gasteiger partial charge in [0.1, 0.15) is 6.04 Å². The van der Waals surface area contributed by atoms with E-state index in [1.165, 1.54) is 6.92 Å². The van der Waals surface area contributed by atoms with Gasteiger partial charge in [-0.25, -0.2) is 4.79 Å². The smallest absolute Gasteiger partial charge is 0.327 e. The van der Waals surface area contributed by atoms with E-state index in [0.717, 1.165) is 5.56 Å². The SMILES string of the molecule is CC(=O)NC(CN[C@H](C)c1ccccc1)C(=O)O. The number of carbonyl (C=O) groups is 2. The topological polar surface area (TPSA) is 78.4 Å². The zero-order chi connectivity index (χ0) is 13.5. The molecule has 18 heavy (non-hydrogen) atoms. The molecule has 0 bridgehead atoms. The molecule has 2 atom stereocenters. The number of carboxylic acid groups (broad SMARTS) is 1. The number of hydrogen-bond donors (Lipinski definition) is 3. The minimum absolute atomic E-state index is 0.0295. The summed E-state index contributed by atoms with van der Waals surface area (Å²) in [6, 6.07) is 8.83. The van der Waals surface area contributed by atoms with Crippen molar-refractivity contribution in [3.05, 3.63) is 35.9 Å². The zero-order valence-electron chi connectivity index (χ0n) is 10.5. The van der Waals surface area contributed by atoms with Crippen LogP contribution in [0, 0.1) is 0 Å². The van der Waals surface area contributed by atoms with Crippen molar-refractivity contribution in [3.63, 3.8) is 0 Å². The van der Waals surface area contributed by atoms with Gasteiger partial charge in [-0.2, -0.15) is 0 Å². The Labute approximate surface area is 106 Å². The van der Waals surface area contributed by atoms with Crippen LogP contribution in [0.25, 0.3) is 0 Å². The van der Waals surface area contributed by atoms with E-state index in [0.29, 0.717) is 0 Å². The van der Waals surface area contributed by atoms with Crippen LogP contribution in [-0.2, 0) is 9.59 Å². The molecule has 1 aromatic rings. The first-order chi connectivity index (χ1) is 8.50. The van der Waals surface area contributed by atoms with Crippen molar-refractivity contribution >= 4 is 11.9 Å². The van der Waals surface area contributed by atoms with Gasteiger partial charge in [0.2, 0.25) is 5.91 Å². The predicted molar refractivity (Wildman–Crippen MR) is 68.1 cm³/mol. The average molecular weight is 250 g/mol. The highest BCUT2D eigenvalue weighted by molar-refractivity contribution is 5.82. The van der Waals surface area contributed by atoms with E-state index in [4.69, 9.17) is 5.11 Å². The van der Waals surface area contributed by atoms with Crippen molar-refractivity contribution in [2.24, 2.45) is 0 Å². The van der Waals surface area contributed by atoms with Gasteiger partial charge >= 0.3 is 5.97 Å². The Hall–Kier alpha value is -1.88. The highest BCUT2D eigenvalue weighted by Crippen LogP contribution is 2.10. The minimum Gasteiger partial charge on any atom is -0.480 e. The summed E-state index contributed by atoms with van der Waals surface area (Å²) in [5.74, 6) is -1.39. The fraction of sp³-hybridized carbons (Fsp3) is 0.385. The van der Waals surface area contributed by atoms with Gasteiger partial charge in [0, 0.05) is 19.5 Å². The summed E-state index contributed by atoms with van der Waals surface area (Å²) in [4.78, 5) is 21.8. The van der Waals surface area contributed by atoms with Crippen molar-refractivity contribution in [2.45, 2.75) is 25.9 Å². The van der Waals surface area contributed by atoms with E-state index in [9.17, 15) is 9.59 Å². The number of aliphatic carboxylic acids is 1. The molecule has 0 spiro atoms. The van der Waals surface area contributed by atoms with Crippen LogP contribution >= 0.6 is 0 Å². The van der Waals surface area contributed by atoms with Gasteiger partial charge in [0.25, 0.3) is 0 Å². The molecule has 3 N–H and O–H groups in total. The van der Waals surface area contributed by atoms with Crippen molar-refractivity contribution in [3.8, 4) is 0 Å². The molecule has 0 heterocycles. The molecule has 0 aliphatic heterocycles. The second-order valence-electron chi connectivity index (χ2n) is 4.13. The number of benzene rings is 1. The normalized spacial score (nSPS) is 13.7. The second-order valence-corrected chi connectivity index (χ2v) is 4.13. The van der Waals surface area contributed by atoms with Gasteiger partial charge in [0.15, 0.2) is 0 Å². The molecule has 98 valence electrons. The maximum atomic E-state index is 10.9. The lowest BCUT2D eigenvalue weighted by Gasteiger charge is -2.18. The largest absolute Gasteiger partial charge is 0.480 e. The highest BCUT2D eigenvalue weighted by atomic mass is 16.4. The number of carbonyl (C=O) groups excluding carboxylic acids is 1. The second kappa shape index (κ2) is 6.76. The number of carboxylic acids is 1. The lowest BCUT2D eigenvalue weighted by molar-refractivity contribution is -0.141. The van der Waals surface area contributed by atoms with Crippen molar-refractivity contribution in [1.82, 2.24) is 10.6 Å². The van der Waals surface area contributed by atoms with Crippen molar-refractivity contribution in [1.29, 1.82) is 0 Å². The molecule has 0 saturated carbocycles. The first-order valence-corrected chi connectivity index (χ1v) is 5.79. The third-order valence-corrected chi connectivity index (χ3v) is 2.60. The third-order valence-electron chi connectivity index (χ3n) is 2.60. The molecular weight excluding hydrogens is 232 g/mol. The standard InChI is InChI=1S/C13H18N2O3/c1-9(11-6-4-3-5-7-11)14-8-12(13(17)18)15-10(2)16/h3-7,9,12,14H,8H2,1-2H3,(H,15,16)(H,17,18)/t9-,12?/m1/s1. The van der Waals surface area contributed by atoms with Gasteiger partial charge in [0.05, 0.1) is 0 Å². The lowest BCUT2D eigenvalue weighted by atomic mass is 10.1. The van der Waals surface area contributed by atoms with E-state index in [1.807, 2.05) is 37.3 Å². The lowest BCUT2D eigenvalue weighted by Crippen LogP contribution is -2.46. The molecule has 0 aromatic heterocycles. The van der Waals surface area contributed by atoms with E-state index >= 15 is 0 Å². The quantitative estimate of drug-likeness (QED) is 0.701. The molecule has 0 fully saturated rings. The minimum atomic E-state index is -1.04. The zero-order valence-corrected chi connectivity index (χ0v) is 10.5. The van der Waals surface area contributed by atoms with Gasteiger partial charge in [-0.1, -0.05) is 30.3 Å². The molecule has 0 aliphatic carbocycles. The Morgan fingerprint density at radius 3 is 2.39 bits per heavy atom. The molecule has 1 aromatic carbocycles. The third kappa shape index (κ3) is 4.55. The maximum absolute atomic E-state index is 10.9. The number of hydrogen-bond acceptors (Lipinski definition) is 3. The van der Waals surface area contributed by atoms with Crippen LogP contribution in [0.15, 0.2) is 30.3 Å². The van der Waals surface area contributed by atoms with Gasteiger partial charge in [-0.15, -0.1) is 0 Å². The van der Waals surface area contributed by atoms with Crippen LogP contribution in [-0.4, -0.2) is 29.6 Å². The van der Waals surface area contributed by atoms with Gasteiger partial charge in [-0.05, 0) is 12.5 Å². The first kappa shape index (κ1) is 14.2. The molecule has 5 nitrogen and oxygen atoms in total. The van der Waals surface area contributed by atoms with Crippen LogP contribution in [0.3, 0.4) is 0 Å². The predicted octanol–water partition coefficient (Wildman–Crippen LogP) is 0.926. The summed E-state index contributed by atoms with van der Waals surface area (Å²) in [6.07, 6.45) is 0. The van der Waals surface area contributed by atoms with E-state index in [1.54, 1.807) is 0 Å². The summed E-state index contributed by atoms with van der Waals surface area (Å²) >= 11 is 0. The summed E-state index contributed by atoms with van der Waals surface area (Å²) in [6.45, 7) is 3.43. The Morgan fingerprint density at radius 1 is 1.28 bits per heavy atom. The number of amides is 1. The molecule has 1 amide bonds. The van der Waals surface area contributed by atoms with E-state index < -0.39 is 12.0 Å².